The van der Waals surface area contributed by atoms with E-state index in [9.17, 15) is 31.5 Å². The number of alkyl halides is 3. The Bertz CT molecular complexity index is 1470. The Labute approximate surface area is 211 Å². The zero-order valence-corrected chi connectivity index (χ0v) is 20.6. The Balaban J connectivity index is 2.01. The van der Waals surface area contributed by atoms with Crippen LogP contribution in [-0.2, 0) is 20.8 Å². The predicted octanol–water partition coefficient (Wildman–Crippen LogP) is 5.26. The highest BCUT2D eigenvalue weighted by Gasteiger charge is 2.43. The summed E-state index contributed by atoms with van der Waals surface area (Å²) in [7, 11) is -4.05. The summed E-state index contributed by atoms with van der Waals surface area (Å²) in [5.41, 5.74) is -1.90. The minimum Gasteiger partial charge on any atom is -0.478 e. The van der Waals surface area contributed by atoms with Gasteiger partial charge in [-0.2, -0.15) is 13.2 Å². The number of ether oxygens (including phenoxy) is 1. The predicted molar refractivity (Wildman–Crippen MR) is 130 cm³/mol. The Morgan fingerprint density at radius 3 is 2.35 bits per heavy atom. The highest BCUT2D eigenvalue weighted by Crippen LogP contribution is 2.49. The normalized spacial score (nSPS) is 15.8. The van der Waals surface area contributed by atoms with E-state index < -0.39 is 50.9 Å². The fourth-order valence-corrected chi connectivity index (χ4v) is 5.64. The van der Waals surface area contributed by atoms with E-state index in [1.54, 1.807) is 19.9 Å². The first-order valence-corrected chi connectivity index (χ1v) is 12.9. The van der Waals surface area contributed by atoms with Crippen LogP contribution < -0.4 is 10.1 Å². The monoisotopic (exact) mass is 532 g/mol. The molecule has 0 fully saturated rings. The van der Waals surface area contributed by atoms with Gasteiger partial charge in [0.1, 0.15) is 0 Å². The second kappa shape index (κ2) is 9.89. The summed E-state index contributed by atoms with van der Waals surface area (Å²) in [6.45, 7) is 3.39. The summed E-state index contributed by atoms with van der Waals surface area (Å²) in [4.78, 5) is 16.8. The van der Waals surface area contributed by atoms with E-state index in [-0.39, 0.29) is 33.3 Å². The van der Waals surface area contributed by atoms with Gasteiger partial charge in [-0.05, 0) is 43.7 Å². The van der Waals surface area contributed by atoms with Crippen LogP contribution in [0.15, 0.2) is 83.0 Å². The number of halogens is 3. The van der Waals surface area contributed by atoms with Gasteiger partial charge in [-0.25, -0.2) is 18.2 Å². The maximum Gasteiger partial charge on any atom is 0.416 e. The second-order valence-electron chi connectivity index (χ2n) is 8.66. The van der Waals surface area contributed by atoms with Gasteiger partial charge in [-0.3, -0.25) is 0 Å². The number of carboxylic acid groups (broad SMARTS) is 1. The number of aromatic nitrogens is 1. The molecule has 0 radical (unpaired) electrons. The summed E-state index contributed by atoms with van der Waals surface area (Å²) >= 11 is 0. The quantitative estimate of drug-likeness (QED) is 0.428. The van der Waals surface area contributed by atoms with Crippen LogP contribution in [0.1, 0.15) is 36.5 Å². The summed E-state index contributed by atoms with van der Waals surface area (Å²) < 4.78 is 74.4. The van der Waals surface area contributed by atoms with Crippen LogP contribution in [0.3, 0.4) is 0 Å². The Morgan fingerprint density at radius 2 is 1.73 bits per heavy atom. The highest BCUT2D eigenvalue weighted by atomic mass is 32.2. The van der Waals surface area contributed by atoms with E-state index in [1.807, 2.05) is 0 Å². The third-order valence-electron chi connectivity index (χ3n) is 5.73. The molecule has 2 heterocycles. The second-order valence-corrected chi connectivity index (χ2v) is 10.6. The van der Waals surface area contributed by atoms with E-state index >= 15 is 0 Å². The number of benzene rings is 2. The third-order valence-corrected chi connectivity index (χ3v) is 7.39. The highest BCUT2D eigenvalue weighted by molar-refractivity contribution is 7.91. The van der Waals surface area contributed by atoms with E-state index in [2.05, 4.69) is 10.3 Å². The molecule has 1 aromatic heterocycles. The summed E-state index contributed by atoms with van der Waals surface area (Å²) in [6, 6.07) is 13.4. The van der Waals surface area contributed by atoms with Gasteiger partial charge < -0.3 is 15.2 Å². The van der Waals surface area contributed by atoms with Gasteiger partial charge in [0.05, 0.1) is 33.8 Å². The number of nitrogens with one attached hydrogen (secondary N) is 1. The molecule has 0 saturated carbocycles. The number of nitrogens with zero attached hydrogens (tertiary/aromatic N) is 1. The number of aliphatic carboxylic acids is 1. The van der Waals surface area contributed by atoms with Crippen molar-refractivity contribution in [1.29, 1.82) is 0 Å². The molecule has 0 amide bonds. The Hall–Kier alpha value is -3.86. The van der Waals surface area contributed by atoms with Crippen LogP contribution in [0.5, 0.6) is 5.88 Å². The first-order chi connectivity index (χ1) is 17.4. The molecule has 1 aliphatic rings. The van der Waals surface area contributed by atoms with Crippen LogP contribution in [0, 0.1) is 0 Å². The fraction of sp³-hybridized carbons (Fsp3) is 0.231. The number of rotatable bonds is 7. The van der Waals surface area contributed by atoms with Crippen molar-refractivity contribution in [2.24, 2.45) is 0 Å². The minimum absolute atomic E-state index is 0.0503. The van der Waals surface area contributed by atoms with Gasteiger partial charge in [-0.1, -0.05) is 36.4 Å². The van der Waals surface area contributed by atoms with Crippen molar-refractivity contribution in [3.05, 3.63) is 94.8 Å². The number of carboxylic acids is 1. The van der Waals surface area contributed by atoms with Gasteiger partial charge in [-0.15, -0.1) is 0 Å². The van der Waals surface area contributed by atoms with Crippen LogP contribution >= 0.6 is 0 Å². The molecular formula is C26H23F3N2O5S. The first kappa shape index (κ1) is 26.2. The van der Waals surface area contributed by atoms with E-state index in [4.69, 9.17) is 4.74 Å². The lowest BCUT2D eigenvalue weighted by molar-refractivity contribution is -0.139. The van der Waals surface area contributed by atoms with Crippen LogP contribution in [0.4, 0.5) is 18.9 Å². The molecule has 7 nitrogen and oxygen atoms in total. The van der Waals surface area contributed by atoms with Gasteiger partial charge >= 0.3 is 12.1 Å². The minimum atomic E-state index is -4.80. The smallest absolute Gasteiger partial charge is 0.416 e. The largest absolute Gasteiger partial charge is 0.478 e. The molecule has 1 aliphatic heterocycles. The number of anilines is 1. The third kappa shape index (κ3) is 5.31. The molecule has 11 heteroatoms. The number of carbonyl (C=O) groups is 1. The topological polar surface area (TPSA) is 106 Å². The molecule has 2 aromatic carbocycles. The number of sulfone groups is 1. The number of hydrogen-bond acceptors (Lipinski definition) is 6. The van der Waals surface area contributed by atoms with Crippen molar-refractivity contribution >= 4 is 21.5 Å². The molecule has 3 aromatic rings. The van der Waals surface area contributed by atoms with Crippen LogP contribution in [-0.4, -0.2) is 36.3 Å². The molecule has 1 unspecified atom stereocenters. The lowest BCUT2D eigenvalue weighted by Crippen LogP contribution is -2.29. The van der Waals surface area contributed by atoms with Crippen molar-refractivity contribution in [2.75, 3.05) is 11.1 Å². The molecule has 0 bridgehead atoms. The lowest BCUT2D eigenvalue weighted by Gasteiger charge is -2.32. The zero-order chi connectivity index (χ0) is 27.0. The fourth-order valence-electron chi connectivity index (χ4n) is 4.29. The molecule has 1 atom stereocenters. The average molecular weight is 533 g/mol. The average Bonchev–Trinajstić information content (AvgIpc) is 2.82. The van der Waals surface area contributed by atoms with Gasteiger partial charge in [0.25, 0.3) is 0 Å². The Kier molecular flexibility index (Phi) is 7.00. The summed E-state index contributed by atoms with van der Waals surface area (Å²) in [6.07, 6.45) is -3.87. The number of pyridine rings is 1. The van der Waals surface area contributed by atoms with Gasteiger partial charge in [0.2, 0.25) is 5.88 Å². The summed E-state index contributed by atoms with van der Waals surface area (Å²) in [5, 5.41) is 13.1. The molecular weight excluding hydrogens is 509 g/mol. The van der Waals surface area contributed by atoms with Crippen LogP contribution in [0.25, 0.3) is 0 Å². The van der Waals surface area contributed by atoms with Gasteiger partial charge in [0.15, 0.2) is 9.84 Å². The number of hydrogen-bond donors (Lipinski definition) is 2. The molecule has 0 saturated heterocycles. The number of fused-ring (bicyclic) bond motifs is 1. The van der Waals surface area contributed by atoms with Crippen molar-refractivity contribution in [1.82, 2.24) is 4.98 Å². The standard InChI is InChI=1S/C26H23F3N2O5S/c1-15(2)36-24-22-19(12-13-30-24)31-20(14-37(34,35)16-8-4-3-5-9-16)23(25(32)33)21(22)17-10-6-7-11-18(17)26(27,28)29/h3-13,15,21,31H,14H2,1-2H3,(H,32,33). The molecule has 4 rings (SSSR count). The SMILES string of the molecule is CC(C)Oc1nccc2c1C(c1ccccc1C(F)(F)F)C(C(=O)O)=C(CS(=O)(=O)c1ccccc1)N2. The zero-order valence-electron chi connectivity index (χ0n) is 19.8. The maximum atomic E-state index is 14.1. The van der Waals surface area contributed by atoms with E-state index in [0.29, 0.717) is 0 Å². The van der Waals surface area contributed by atoms with Crippen molar-refractivity contribution < 1.29 is 36.2 Å². The van der Waals surface area contributed by atoms with Crippen molar-refractivity contribution in [3.8, 4) is 5.88 Å². The van der Waals surface area contributed by atoms with Gasteiger partial charge in [0, 0.05) is 23.1 Å². The molecule has 37 heavy (non-hydrogen) atoms. The van der Waals surface area contributed by atoms with Crippen molar-refractivity contribution in [3.63, 3.8) is 0 Å². The molecule has 194 valence electrons. The maximum absolute atomic E-state index is 14.1. The molecule has 2 N–H and O–H groups in total. The van der Waals surface area contributed by atoms with E-state index in [1.165, 1.54) is 54.7 Å². The first-order valence-electron chi connectivity index (χ1n) is 11.2. The Morgan fingerprint density at radius 1 is 1.08 bits per heavy atom. The van der Waals surface area contributed by atoms with E-state index in [0.717, 1.165) is 6.07 Å². The lowest BCUT2D eigenvalue weighted by atomic mass is 9.79. The van der Waals surface area contributed by atoms with Crippen LogP contribution in [0.2, 0.25) is 0 Å². The molecule has 0 spiro atoms. The summed E-state index contributed by atoms with van der Waals surface area (Å²) in [5.74, 6) is -3.91. The molecule has 0 aliphatic carbocycles. The van der Waals surface area contributed by atoms with Crippen molar-refractivity contribution in [2.45, 2.75) is 36.9 Å².